The first-order valence-corrected chi connectivity index (χ1v) is 5.11. The van der Waals surface area contributed by atoms with Crippen molar-refractivity contribution in [1.29, 1.82) is 0 Å². The average molecular weight is 231 g/mol. The van der Waals surface area contributed by atoms with Gasteiger partial charge in [0.15, 0.2) is 0 Å². The van der Waals surface area contributed by atoms with E-state index in [2.05, 4.69) is 9.97 Å². The second-order valence-corrected chi connectivity index (χ2v) is 4.13. The molecule has 0 spiro atoms. The van der Waals surface area contributed by atoms with Crippen LogP contribution in [0.2, 0.25) is 0 Å². The van der Waals surface area contributed by atoms with Crippen LogP contribution in [0.1, 0.15) is 37.2 Å². The van der Waals surface area contributed by atoms with Crippen LogP contribution in [0.3, 0.4) is 0 Å². The minimum atomic E-state index is -4.44. The van der Waals surface area contributed by atoms with Crippen molar-refractivity contribution in [3.63, 3.8) is 0 Å². The van der Waals surface area contributed by atoms with Gasteiger partial charge in [-0.3, -0.25) is 0 Å². The highest BCUT2D eigenvalue weighted by molar-refractivity contribution is 5.13. The van der Waals surface area contributed by atoms with E-state index in [4.69, 9.17) is 5.73 Å². The minimum absolute atomic E-state index is 0.111. The van der Waals surface area contributed by atoms with Gasteiger partial charge in [0.05, 0.1) is 5.54 Å². The van der Waals surface area contributed by atoms with Crippen LogP contribution in [0.25, 0.3) is 0 Å². The number of hydrogen-bond donors (Lipinski definition) is 1. The Morgan fingerprint density at radius 1 is 1.25 bits per heavy atom. The topological polar surface area (TPSA) is 51.8 Å². The molecule has 1 aromatic heterocycles. The lowest BCUT2D eigenvalue weighted by molar-refractivity contribution is -0.141. The predicted molar refractivity (Wildman–Crippen MR) is 51.4 cm³/mol. The van der Waals surface area contributed by atoms with Crippen LogP contribution >= 0.6 is 0 Å². The Labute approximate surface area is 90.9 Å². The van der Waals surface area contributed by atoms with E-state index in [0.717, 1.165) is 25.1 Å². The molecule has 1 saturated carbocycles. The molecule has 0 atom stereocenters. The zero-order valence-electron chi connectivity index (χ0n) is 8.59. The Morgan fingerprint density at radius 2 is 1.88 bits per heavy atom. The summed E-state index contributed by atoms with van der Waals surface area (Å²) >= 11 is 0. The molecule has 1 fully saturated rings. The van der Waals surface area contributed by atoms with Gasteiger partial charge in [-0.15, -0.1) is 0 Å². The van der Waals surface area contributed by atoms with Gasteiger partial charge in [-0.2, -0.15) is 13.2 Å². The lowest BCUT2D eigenvalue weighted by atomic mass is 9.98. The largest absolute Gasteiger partial charge is 0.433 e. The molecule has 0 aliphatic heterocycles. The van der Waals surface area contributed by atoms with Crippen molar-refractivity contribution in [2.24, 2.45) is 5.73 Å². The van der Waals surface area contributed by atoms with Gasteiger partial charge in [0.2, 0.25) is 0 Å². The summed E-state index contributed by atoms with van der Waals surface area (Å²) in [5.41, 5.74) is 4.30. The van der Waals surface area contributed by atoms with E-state index in [-0.39, 0.29) is 5.82 Å². The number of halogens is 3. The van der Waals surface area contributed by atoms with E-state index < -0.39 is 17.4 Å². The van der Waals surface area contributed by atoms with Crippen LogP contribution in [0, 0.1) is 0 Å². The fourth-order valence-electron chi connectivity index (χ4n) is 1.99. The second-order valence-electron chi connectivity index (χ2n) is 4.13. The monoisotopic (exact) mass is 231 g/mol. The first-order valence-electron chi connectivity index (χ1n) is 5.11. The third-order valence-corrected chi connectivity index (χ3v) is 2.89. The molecule has 0 bridgehead atoms. The predicted octanol–water partition coefficient (Wildman–Crippen LogP) is 2.22. The average Bonchev–Trinajstić information content (AvgIpc) is 2.66. The Bertz CT molecular complexity index is 383. The summed E-state index contributed by atoms with van der Waals surface area (Å²) in [6.45, 7) is 0. The lowest BCUT2D eigenvalue weighted by Crippen LogP contribution is -2.35. The Kier molecular flexibility index (Phi) is 2.61. The van der Waals surface area contributed by atoms with Gasteiger partial charge >= 0.3 is 6.18 Å². The molecule has 0 aromatic carbocycles. The van der Waals surface area contributed by atoms with Crippen LogP contribution in [0.15, 0.2) is 12.3 Å². The summed E-state index contributed by atoms with van der Waals surface area (Å²) in [6.07, 6.45) is -0.195. The van der Waals surface area contributed by atoms with Gasteiger partial charge < -0.3 is 5.73 Å². The number of alkyl halides is 3. The molecule has 1 aromatic rings. The third-order valence-electron chi connectivity index (χ3n) is 2.89. The van der Waals surface area contributed by atoms with Gasteiger partial charge in [0.1, 0.15) is 11.5 Å². The van der Waals surface area contributed by atoms with Gasteiger partial charge in [0, 0.05) is 6.20 Å². The number of aromatic nitrogens is 2. The summed E-state index contributed by atoms with van der Waals surface area (Å²) in [7, 11) is 0. The Morgan fingerprint density at radius 3 is 2.44 bits per heavy atom. The minimum Gasteiger partial charge on any atom is -0.319 e. The summed E-state index contributed by atoms with van der Waals surface area (Å²) in [4.78, 5) is 7.41. The zero-order valence-corrected chi connectivity index (χ0v) is 8.59. The molecule has 0 unspecified atom stereocenters. The van der Waals surface area contributed by atoms with Gasteiger partial charge in [-0.05, 0) is 18.9 Å². The smallest absolute Gasteiger partial charge is 0.319 e. The van der Waals surface area contributed by atoms with E-state index in [1.54, 1.807) is 0 Å². The van der Waals surface area contributed by atoms with Gasteiger partial charge in [-0.25, -0.2) is 9.97 Å². The summed E-state index contributed by atoms with van der Waals surface area (Å²) < 4.78 is 37.3. The van der Waals surface area contributed by atoms with Gasteiger partial charge in [0.25, 0.3) is 0 Å². The quantitative estimate of drug-likeness (QED) is 0.806. The second kappa shape index (κ2) is 3.69. The van der Waals surface area contributed by atoms with Crippen molar-refractivity contribution in [3.05, 3.63) is 23.8 Å². The molecule has 16 heavy (non-hydrogen) atoms. The molecule has 3 nitrogen and oxygen atoms in total. The number of rotatable bonds is 1. The fraction of sp³-hybridized carbons (Fsp3) is 0.600. The molecule has 1 aliphatic carbocycles. The highest BCUT2D eigenvalue weighted by Crippen LogP contribution is 2.35. The molecule has 1 heterocycles. The first kappa shape index (κ1) is 11.3. The standard InChI is InChI=1S/C10H12F3N3/c11-10(12,13)7-3-6-15-8(16-7)9(14)4-1-2-5-9/h3,6H,1-2,4-5,14H2. The summed E-state index contributed by atoms with van der Waals surface area (Å²) in [5.74, 6) is 0.111. The van der Waals surface area contributed by atoms with Crippen molar-refractivity contribution in [2.45, 2.75) is 37.4 Å². The molecular formula is C10H12F3N3. The van der Waals surface area contributed by atoms with Crippen LogP contribution < -0.4 is 5.73 Å². The van der Waals surface area contributed by atoms with Crippen LogP contribution in [0.4, 0.5) is 13.2 Å². The van der Waals surface area contributed by atoms with Crippen LogP contribution in [-0.2, 0) is 11.7 Å². The number of nitrogens with zero attached hydrogens (tertiary/aromatic N) is 2. The molecule has 2 rings (SSSR count). The van der Waals surface area contributed by atoms with E-state index >= 15 is 0 Å². The molecule has 88 valence electrons. The van der Waals surface area contributed by atoms with Crippen molar-refractivity contribution in [2.75, 3.05) is 0 Å². The van der Waals surface area contributed by atoms with E-state index in [0.29, 0.717) is 12.8 Å². The van der Waals surface area contributed by atoms with Crippen molar-refractivity contribution >= 4 is 0 Å². The lowest BCUT2D eigenvalue weighted by Gasteiger charge is -2.22. The van der Waals surface area contributed by atoms with Crippen LogP contribution in [0.5, 0.6) is 0 Å². The number of hydrogen-bond acceptors (Lipinski definition) is 3. The van der Waals surface area contributed by atoms with Crippen molar-refractivity contribution in [3.8, 4) is 0 Å². The highest BCUT2D eigenvalue weighted by Gasteiger charge is 2.38. The number of nitrogens with two attached hydrogens (primary N) is 1. The normalized spacial score (nSPS) is 20.0. The summed E-state index contributed by atoms with van der Waals surface area (Å²) in [5, 5.41) is 0. The Balaban J connectivity index is 2.36. The first-order chi connectivity index (χ1) is 7.42. The Hall–Kier alpha value is -1.17. The molecular weight excluding hydrogens is 219 g/mol. The highest BCUT2D eigenvalue weighted by atomic mass is 19.4. The van der Waals surface area contributed by atoms with Gasteiger partial charge in [-0.1, -0.05) is 12.8 Å². The molecule has 0 radical (unpaired) electrons. The summed E-state index contributed by atoms with van der Waals surface area (Å²) in [6, 6.07) is 0.863. The fourth-order valence-corrected chi connectivity index (χ4v) is 1.99. The van der Waals surface area contributed by atoms with E-state index in [1.165, 1.54) is 0 Å². The maximum atomic E-state index is 12.4. The molecule has 0 amide bonds. The van der Waals surface area contributed by atoms with Crippen molar-refractivity contribution in [1.82, 2.24) is 9.97 Å². The van der Waals surface area contributed by atoms with E-state index in [1.807, 2.05) is 0 Å². The maximum absolute atomic E-state index is 12.4. The third kappa shape index (κ3) is 2.02. The molecule has 2 N–H and O–H groups in total. The van der Waals surface area contributed by atoms with Crippen LogP contribution in [-0.4, -0.2) is 9.97 Å². The SMILES string of the molecule is NC1(c2nccc(C(F)(F)F)n2)CCCC1. The zero-order chi connectivity index (χ0) is 11.8. The van der Waals surface area contributed by atoms with E-state index in [9.17, 15) is 13.2 Å². The molecule has 1 aliphatic rings. The maximum Gasteiger partial charge on any atom is 0.433 e. The molecule has 6 heteroatoms. The van der Waals surface area contributed by atoms with Crippen molar-refractivity contribution < 1.29 is 13.2 Å². The molecule has 0 saturated heterocycles.